The largest absolute Gasteiger partial charge is 0.387 e. The minimum atomic E-state index is -0.579. The van der Waals surface area contributed by atoms with Gasteiger partial charge in [-0.15, -0.1) is 0 Å². The highest BCUT2D eigenvalue weighted by atomic mass is 16.6. The molecule has 0 fully saturated rings. The fraction of sp³-hybridized carbons (Fsp3) is 0.533. The third-order valence-corrected chi connectivity index (χ3v) is 2.74. The summed E-state index contributed by atoms with van der Waals surface area (Å²) in [6.45, 7) is 5.82. The van der Waals surface area contributed by atoms with E-state index in [1.165, 1.54) is 32.1 Å². The van der Waals surface area contributed by atoms with E-state index in [9.17, 15) is 14.4 Å². The van der Waals surface area contributed by atoms with Crippen LogP contribution in [0, 0.1) is 0 Å². The number of hydrogen-bond donors (Lipinski definition) is 1. The molecule has 0 aliphatic carbocycles. The second-order valence-electron chi connectivity index (χ2n) is 4.56. The highest BCUT2D eigenvalue weighted by Gasteiger charge is 2.10. The number of cyclic esters (lactones) is 2. The lowest BCUT2D eigenvalue weighted by molar-refractivity contribution is -0.150. The molecule has 5 nitrogen and oxygen atoms in total. The van der Waals surface area contributed by atoms with Gasteiger partial charge in [0, 0.05) is 17.7 Å². The average Bonchev–Trinajstić information content (AvgIpc) is 2.77. The Bertz CT molecular complexity index is 369. The second kappa shape index (κ2) is 11.0. The molecule has 0 aromatic carbocycles. The van der Waals surface area contributed by atoms with Crippen LogP contribution in [0.3, 0.4) is 0 Å². The second-order valence-corrected chi connectivity index (χ2v) is 4.56. The van der Waals surface area contributed by atoms with Gasteiger partial charge in [0.1, 0.15) is 0 Å². The number of unbranched alkanes of at least 4 members (excludes halogenated alkanes) is 5. The van der Waals surface area contributed by atoms with Crippen molar-refractivity contribution in [2.24, 2.45) is 5.73 Å². The molecule has 1 amide bonds. The van der Waals surface area contributed by atoms with Crippen LogP contribution in [0.1, 0.15) is 51.9 Å². The van der Waals surface area contributed by atoms with E-state index in [1.54, 1.807) is 0 Å². The maximum atomic E-state index is 10.6. The van der Waals surface area contributed by atoms with Gasteiger partial charge in [-0.25, -0.2) is 9.59 Å². The van der Waals surface area contributed by atoms with Gasteiger partial charge >= 0.3 is 11.9 Å². The highest BCUT2D eigenvalue weighted by molar-refractivity contribution is 6.04. The first-order valence-corrected chi connectivity index (χ1v) is 6.88. The molecule has 1 heterocycles. The zero-order chi connectivity index (χ0) is 15.4. The molecule has 0 atom stereocenters. The summed E-state index contributed by atoms with van der Waals surface area (Å²) in [6, 6.07) is 0. The predicted octanol–water partition coefficient (Wildman–Crippen LogP) is 2.40. The number of rotatable bonds is 8. The fourth-order valence-corrected chi connectivity index (χ4v) is 1.55. The Morgan fingerprint density at radius 3 is 2.00 bits per heavy atom. The summed E-state index contributed by atoms with van der Waals surface area (Å²) >= 11 is 0. The Hall–Kier alpha value is -1.91. The molecule has 0 bridgehead atoms. The molecule has 1 aliphatic heterocycles. The Labute approximate surface area is 119 Å². The maximum Gasteiger partial charge on any atom is 0.338 e. The predicted molar refractivity (Wildman–Crippen MR) is 76.6 cm³/mol. The number of carbonyl (C=O) groups excluding carboxylic acids is 3. The zero-order valence-corrected chi connectivity index (χ0v) is 12.0. The quantitative estimate of drug-likeness (QED) is 0.320. The van der Waals surface area contributed by atoms with Crippen LogP contribution >= 0.6 is 0 Å². The van der Waals surface area contributed by atoms with Gasteiger partial charge in [0.25, 0.3) is 0 Å². The molecule has 0 unspecified atom stereocenters. The summed E-state index contributed by atoms with van der Waals surface area (Å²) in [6.07, 6.45) is 10.3. The van der Waals surface area contributed by atoms with Crippen LogP contribution in [0.15, 0.2) is 24.3 Å². The minimum absolute atomic E-state index is 0.353. The lowest BCUT2D eigenvalue weighted by atomic mass is 10.1. The van der Waals surface area contributed by atoms with Crippen molar-refractivity contribution in [3.63, 3.8) is 0 Å². The molecule has 1 rings (SSSR count). The monoisotopic (exact) mass is 281 g/mol. The Morgan fingerprint density at radius 1 is 1.10 bits per heavy atom. The summed E-state index contributed by atoms with van der Waals surface area (Å²) in [5, 5.41) is 0. The van der Waals surface area contributed by atoms with Gasteiger partial charge in [0.05, 0.1) is 0 Å². The van der Waals surface area contributed by atoms with Crippen LogP contribution in [0.25, 0.3) is 0 Å². The first-order valence-electron chi connectivity index (χ1n) is 6.88. The third-order valence-electron chi connectivity index (χ3n) is 2.74. The number of esters is 2. The lowest BCUT2D eigenvalue weighted by Gasteiger charge is -2.01. The molecule has 0 aromatic rings. The molecule has 20 heavy (non-hydrogen) atoms. The van der Waals surface area contributed by atoms with Gasteiger partial charge in [0.2, 0.25) is 5.91 Å². The molecule has 0 saturated carbocycles. The Kier molecular flexibility index (Phi) is 9.92. The fourth-order valence-electron chi connectivity index (χ4n) is 1.55. The first kappa shape index (κ1) is 18.1. The molecule has 112 valence electrons. The molecule has 0 saturated heterocycles. The SMILES string of the molecule is C=C(CCCCCCCC)C(N)=O.O=C1C=CC(=O)O1. The van der Waals surface area contributed by atoms with E-state index in [-0.39, 0.29) is 5.91 Å². The number of ether oxygens (including phenoxy) is 1. The van der Waals surface area contributed by atoms with Crippen molar-refractivity contribution in [2.45, 2.75) is 51.9 Å². The van der Waals surface area contributed by atoms with E-state index >= 15 is 0 Å². The number of carbonyl (C=O) groups is 3. The number of nitrogens with two attached hydrogens (primary N) is 1. The van der Waals surface area contributed by atoms with E-state index in [2.05, 4.69) is 18.2 Å². The molecular formula is C15H23NO4. The van der Waals surface area contributed by atoms with Crippen molar-refractivity contribution in [3.05, 3.63) is 24.3 Å². The molecular weight excluding hydrogens is 258 g/mol. The van der Waals surface area contributed by atoms with Crippen molar-refractivity contribution < 1.29 is 19.1 Å². The lowest BCUT2D eigenvalue weighted by Crippen LogP contribution is -2.12. The van der Waals surface area contributed by atoms with Crippen LogP contribution in [0.4, 0.5) is 0 Å². The normalized spacial score (nSPS) is 12.7. The summed E-state index contributed by atoms with van der Waals surface area (Å²) in [5.41, 5.74) is 5.63. The van der Waals surface area contributed by atoms with Crippen molar-refractivity contribution in [3.8, 4) is 0 Å². The van der Waals surface area contributed by atoms with E-state index in [0.29, 0.717) is 5.57 Å². The zero-order valence-electron chi connectivity index (χ0n) is 12.0. The number of primary amides is 1. The molecule has 1 aliphatic rings. The van der Waals surface area contributed by atoms with Crippen LogP contribution in [-0.4, -0.2) is 17.8 Å². The summed E-state index contributed by atoms with van der Waals surface area (Å²) < 4.78 is 3.97. The number of hydrogen-bond acceptors (Lipinski definition) is 4. The standard InChI is InChI=1S/C11H21NO.C4H2O3/c1-3-4-5-6-7-8-9-10(2)11(12)13;5-3-1-2-4(6)7-3/h2-9H2,1H3,(H2,12,13);1-2H. The van der Waals surface area contributed by atoms with Crippen molar-refractivity contribution in [1.29, 1.82) is 0 Å². The molecule has 2 N–H and O–H groups in total. The van der Waals surface area contributed by atoms with Crippen molar-refractivity contribution >= 4 is 17.8 Å². The van der Waals surface area contributed by atoms with Crippen LogP contribution in [0.2, 0.25) is 0 Å². The van der Waals surface area contributed by atoms with E-state index in [0.717, 1.165) is 25.0 Å². The number of amides is 1. The minimum Gasteiger partial charge on any atom is -0.387 e. The van der Waals surface area contributed by atoms with Gasteiger partial charge in [-0.3, -0.25) is 4.79 Å². The molecule has 0 aromatic heterocycles. The summed E-state index contributed by atoms with van der Waals surface area (Å²) in [5.74, 6) is -1.51. The van der Waals surface area contributed by atoms with Gasteiger partial charge in [-0.1, -0.05) is 45.6 Å². The van der Waals surface area contributed by atoms with Gasteiger partial charge in [0.15, 0.2) is 0 Å². The van der Waals surface area contributed by atoms with Gasteiger partial charge in [-0.2, -0.15) is 0 Å². The van der Waals surface area contributed by atoms with Crippen molar-refractivity contribution in [1.82, 2.24) is 0 Å². The summed E-state index contributed by atoms with van der Waals surface area (Å²) in [4.78, 5) is 30.4. The average molecular weight is 281 g/mol. The highest BCUT2D eigenvalue weighted by Crippen LogP contribution is 2.10. The molecule has 0 spiro atoms. The van der Waals surface area contributed by atoms with Crippen LogP contribution in [-0.2, 0) is 19.1 Å². The topological polar surface area (TPSA) is 86.5 Å². The van der Waals surface area contributed by atoms with Crippen LogP contribution < -0.4 is 5.73 Å². The maximum absolute atomic E-state index is 10.6. The van der Waals surface area contributed by atoms with Crippen LogP contribution in [0.5, 0.6) is 0 Å². The van der Waals surface area contributed by atoms with E-state index in [1.807, 2.05) is 0 Å². The Morgan fingerprint density at radius 2 is 1.60 bits per heavy atom. The first-order chi connectivity index (χ1) is 9.47. The van der Waals surface area contributed by atoms with Gasteiger partial charge in [-0.05, 0) is 12.8 Å². The third kappa shape index (κ3) is 10.1. The van der Waals surface area contributed by atoms with Crippen molar-refractivity contribution in [2.75, 3.05) is 0 Å². The van der Waals surface area contributed by atoms with Gasteiger partial charge < -0.3 is 10.5 Å². The van der Waals surface area contributed by atoms with E-state index in [4.69, 9.17) is 5.73 Å². The molecule has 5 heteroatoms. The smallest absolute Gasteiger partial charge is 0.338 e. The molecule has 0 radical (unpaired) electrons. The summed E-state index contributed by atoms with van der Waals surface area (Å²) in [7, 11) is 0. The Balaban J connectivity index is 0.000000428. The van der Waals surface area contributed by atoms with E-state index < -0.39 is 11.9 Å².